The Kier molecular flexibility index (Phi) is 6.77. The maximum atomic E-state index is 11.9. The van der Waals surface area contributed by atoms with Gasteiger partial charge in [-0.05, 0) is 18.9 Å². The number of nitrogens with one attached hydrogen (secondary N) is 1. The van der Waals surface area contributed by atoms with Crippen LogP contribution < -0.4 is 5.32 Å². The molecule has 1 N–H and O–H groups in total. The predicted octanol–water partition coefficient (Wildman–Crippen LogP) is 1.99. The van der Waals surface area contributed by atoms with Crippen molar-refractivity contribution < 1.29 is 9.59 Å². The molecule has 0 bridgehead atoms. The normalized spacial score (nSPS) is 11.8. The van der Waals surface area contributed by atoms with Crippen LogP contribution in [0.15, 0.2) is 30.3 Å². The molecule has 0 spiro atoms. The number of nitrogens with zero attached hydrogens (tertiary/aromatic N) is 1. The molecule has 0 heterocycles. The summed E-state index contributed by atoms with van der Waals surface area (Å²) in [6.07, 6.45) is 1.64. The van der Waals surface area contributed by atoms with Crippen molar-refractivity contribution in [2.24, 2.45) is 0 Å². The van der Waals surface area contributed by atoms with Crippen molar-refractivity contribution in [3.8, 4) is 0 Å². The highest BCUT2D eigenvalue weighted by molar-refractivity contribution is 5.80. The summed E-state index contributed by atoms with van der Waals surface area (Å²) in [6.45, 7) is 4.47. The van der Waals surface area contributed by atoms with E-state index in [1.165, 1.54) is 0 Å². The third kappa shape index (κ3) is 5.43. The first-order chi connectivity index (χ1) is 9.54. The molecule has 1 aromatic carbocycles. The van der Waals surface area contributed by atoms with Gasteiger partial charge in [0.05, 0.1) is 6.42 Å². The molecule has 4 heteroatoms. The molecule has 1 unspecified atom stereocenters. The number of carbonyl (C=O) groups excluding carboxylic acids is 2. The summed E-state index contributed by atoms with van der Waals surface area (Å²) in [5.74, 6) is 0.0227. The Hall–Kier alpha value is -1.84. The van der Waals surface area contributed by atoms with Crippen molar-refractivity contribution in [2.45, 2.75) is 39.2 Å². The zero-order valence-electron chi connectivity index (χ0n) is 12.6. The van der Waals surface area contributed by atoms with Crippen LogP contribution >= 0.6 is 0 Å². The molecule has 110 valence electrons. The predicted molar refractivity (Wildman–Crippen MR) is 80.3 cm³/mol. The third-order valence-corrected chi connectivity index (χ3v) is 3.51. The molecule has 0 radical (unpaired) electrons. The van der Waals surface area contributed by atoms with Crippen LogP contribution in [0.3, 0.4) is 0 Å². The highest BCUT2D eigenvalue weighted by atomic mass is 16.2. The number of hydrogen-bond donors (Lipinski definition) is 1. The lowest BCUT2D eigenvalue weighted by Crippen LogP contribution is -2.37. The van der Waals surface area contributed by atoms with Crippen molar-refractivity contribution in [2.75, 3.05) is 13.6 Å². The van der Waals surface area contributed by atoms with Crippen LogP contribution in [0.2, 0.25) is 0 Å². The van der Waals surface area contributed by atoms with E-state index in [9.17, 15) is 9.59 Å². The molecule has 0 aliphatic carbocycles. The first-order valence-electron chi connectivity index (χ1n) is 7.10. The number of hydrogen-bond acceptors (Lipinski definition) is 2. The van der Waals surface area contributed by atoms with Crippen molar-refractivity contribution >= 4 is 11.8 Å². The van der Waals surface area contributed by atoms with Gasteiger partial charge in [0.1, 0.15) is 0 Å². The first-order valence-corrected chi connectivity index (χ1v) is 7.10. The Morgan fingerprint density at radius 3 is 2.50 bits per heavy atom. The van der Waals surface area contributed by atoms with Gasteiger partial charge in [0, 0.05) is 26.1 Å². The van der Waals surface area contributed by atoms with E-state index in [1.807, 2.05) is 44.3 Å². The summed E-state index contributed by atoms with van der Waals surface area (Å²) in [7, 11) is 1.81. The van der Waals surface area contributed by atoms with Gasteiger partial charge in [-0.3, -0.25) is 9.59 Å². The van der Waals surface area contributed by atoms with Crippen molar-refractivity contribution in [3.05, 3.63) is 35.9 Å². The average molecular weight is 276 g/mol. The van der Waals surface area contributed by atoms with E-state index >= 15 is 0 Å². The molecule has 0 aromatic heterocycles. The van der Waals surface area contributed by atoms with Gasteiger partial charge in [0.25, 0.3) is 0 Å². The van der Waals surface area contributed by atoms with E-state index in [4.69, 9.17) is 0 Å². The smallest absolute Gasteiger partial charge is 0.224 e. The van der Waals surface area contributed by atoms with Gasteiger partial charge >= 0.3 is 0 Å². The van der Waals surface area contributed by atoms with E-state index in [0.717, 1.165) is 12.0 Å². The Balaban J connectivity index is 2.27. The van der Waals surface area contributed by atoms with E-state index < -0.39 is 0 Å². The SMILES string of the molecule is CCC(C)N(C)C(=O)CCNC(=O)Cc1ccccc1. The summed E-state index contributed by atoms with van der Waals surface area (Å²) in [5.41, 5.74) is 0.980. The topological polar surface area (TPSA) is 49.4 Å². The Labute approximate surface area is 121 Å². The molecule has 1 rings (SSSR count). The number of benzene rings is 1. The number of amides is 2. The van der Waals surface area contributed by atoms with E-state index in [0.29, 0.717) is 19.4 Å². The second-order valence-corrected chi connectivity index (χ2v) is 5.02. The van der Waals surface area contributed by atoms with Gasteiger partial charge < -0.3 is 10.2 Å². The van der Waals surface area contributed by atoms with Crippen molar-refractivity contribution in [1.29, 1.82) is 0 Å². The van der Waals surface area contributed by atoms with Crippen LogP contribution in [-0.2, 0) is 16.0 Å². The minimum atomic E-state index is -0.0461. The lowest BCUT2D eigenvalue weighted by molar-refractivity contribution is -0.131. The lowest BCUT2D eigenvalue weighted by Gasteiger charge is -2.23. The fourth-order valence-corrected chi connectivity index (χ4v) is 1.85. The minimum Gasteiger partial charge on any atom is -0.355 e. The molecule has 4 nitrogen and oxygen atoms in total. The zero-order chi connectivity index (χ0) is 15.0. The maximum absolute atomic E-state index is 11.9. The summed E-state index contributed by atoms with van der Waals surface area (Å²) in [5, 5.41) is 2.79. The fourth-order valence-electron chi connectivity index (χ4n) is 1.85. The summed E-state index contributed by atoms with van der Waals surface area (Å²) >= 11 is 0. The van der Waals surface area contributed by atoms with Crippen LogP contribution in [0.1, 0.15) is 32.3 Å². The average Bonchev–Trinajstić information content (AvgIpc) is 2.46. The van der Waals surface area contributed by atoms with Crippen LogP contribution in [0, 0.1) is 0 Å². The summed E-state index contributed by atoms with van der Waals surface area (Å²) < 4.78 is 0. The van der Waals surface area contributed by atoms with Gasteiger partial charge in [0.15, 0.2) is 0 Å². The Morgan fingerprint density at radius 2 is 1.90 bits per heavy atom. The molecule has 2 amide bonds. The molecule has 1 atom stereocenters. The van der Waals surface area contributed by atoms with Crippen molar-refractivity contribution in [3.63, 3.8) is 0 Å². The molecule has 0 aliphatic rings. The molecule has 0 saturated heterocycles. The van der Waals surface area contributed by atoms with Gasteiger partial charge in [0.2, 0.25) is 11.8 Å². The number of carbonyl (C=O) groups is 2. The summed E-state index contributed by atoms with van der Waals surface area (Å²) in [6, 6.07) is 9.82. The van der Waals surface area contributed by atoms with Crippen molar-refractivity contribution in [1.82, 2.24) is 10.2 Å². The van der Waals surface area contributed by atoms with E-state index in [2.05, 4.69) is 12.2 Å². The monoisotopic (exact) mass is 276 g/mol. The molecule has 0 fully saturated rings. The van der Waals surface area contributed by atoms with Gasteiger partial charge in [-0.15, -0.1) is 0 Å². The maximum Gasteiger partial charge on any atom is 0.224 e. The standard InChI is InChI=1S/C16H24N2O2/c1-4-13(2)18(3)16(20)10-11-17-15(19)12-14-8-6-5-7-9-14/h5-9,13H,4,10-12H2,1-3H3,(H,17,19). The second-order valence-electron chi connectivity index (χ2n) is 5.02. The third-order valence-electron chi connectivity index (χ3n) is 3.51. The van der Waals surface area contributed by atoms with E-state index in [1.54, 1.807) is 4.90 Å². The highest BCUT2D eigenvalue weighted by Gasteiger charge is 2.13. The molecule has 20 heavy (non-hydrogen) atoms. The first kappa shape index (κ1) is 16.2. The zero-order valence-corrected chi connectivity index (χ0v) is 12.6. The minimum absolute atomic E-state index is 0.0461. The van der Waals surface area contributed by atoms with Crippen LogP contribution in [0.25, 0.3) is 0 Å². The fraction of sp³-hybridized carbons (Fsp3) is 0.500. The largest absolute Gasteiger partial charge is 0.355 e. The molecular formula is C16H24N2O2. The van der Waals surface area contributed by atoms with E-state index in [-0.39, 0.29) is 17.9 Å². The van der Waals surface area contributed by atoms with Gasteiger partial charge in [-0.25, -0.2) is 0 Å². The molecular weight excluding hydrogens is 252 g/mol. The van der Waals surface area contributed by atoms with Gasteiger partial charge in [-0.1, -0.05) is 37.3 Å². The van der Waals surface area contributed by atoms with Crippen LogP contribution in [0.4, 0.5) is 0 Å². The number of rotatable bonds is 7. The Bertz CT molecular complexity index is 431. The lowest BCUT2D eigenvalue weighted by atomic mass is 10.1. The molecule has 0 saturated carbocycles. The van der Waals surface area contributed by atoms with Gasteiger partial charge in [-0.2, -0.15) is 0 Å². The molecule has 0 aliphatic heterocycles. The quantitative estimate of drug-likeness (QED) is 0.828. The molecule has 1 aromatic rings. The second kappa shape index (κ2) is 8.35. The van der Waals surface area contributed by atoms with Crippen LogP contribution in [0.5, 0.6) is 0 Å². The Morgan fingerprint density at radius 1 is 1.25 bits per heavy atom. The highest BCUT2D eigenvalue weighted by Crippen LogP contribution is 2.02. The van der Waals surface area contributed by atoms with Crippen LogP contribution in [-0.4, -0.2) is 36.3 Å². The summed E-state index contributed by atoms with van der Waals surface area (Å²) in [4.78, 5) is 25.3.